The molecule has 0 radical (unpaired) electrons. The first-order valence-electron chi connectivity index (χ1n) is 13.2. The van der Waals surface area contributed by atoms with Crippen molar-refractivity contribution in [3.8, 4) is 11.5 Å². The van der Waals surface area contributed by atoms with Crippen molar-refractivity contribution in [1.29, 1.82) is 0 Å². The predicted octanol–water partition coefficient (Wildman–Crippen LogP) is 3.79. The van der Waals surface area contributed by atoms with Crippen LogP contribution in [-0.4, -0.2) is 69.3 Å². The van der Waals surface area contributed by atoms with E-state index in [1.165, 1.54) is 0 Å². The van der Waals surface area contributed by atoms with Crippen LogP contribution >= 0.6 is 0 Å². The van der Waals surface area contributed by atoms with E-state index in [9.17, 15) is 9.59 Å². The minimum Gasteiger partial charge on any atom is -0.492 e. The van der Waals surface area contributed by atoms with E-state index >= 15 is 0 Å². The Kier molecular flexibility index (Phi) is 8.79. The van der Waals surface area contributed by atoms with Crippen molar-refractivity contribution in [2.24, 2.45) is 0 Å². The molecule has 10 heteroatoms. The van der Waals surface area contributed by atoms with Gasteiger partial charge in [-0.25, -0.2) is 0 Å². The van der Waals surface area contributed by atoms with Gasteiger partial charge in [-0.1, -0.05) is 12.1 Å². The highest BCUT2D eigenvalue weighted by Crippen LogP contribution is 2.24. The van der Waals surface area contributed by atoms with Crippen LogP contribution in [0.4, 0.5) is 11.4 Å². The van der Waals surface area contributed by atoms with Crippen molar-refractivity contribution in [2.75, 3.05) is 63.7 Å². The number of amides is 2. The standard InChI is InChI=1S/C30H32N4O6/c31-25-3-1-2-4-26(25)33-29(35)21-5-7-23(8-6-21)38-15-11-32-30(36)28-20-22-19-24(9-10-27(22)40-28)39-18-14-34-12-16-37-17-13-34/h1-10,19-20H,11-18,31H2,(H,32,36)(H,33,35). The molecule has 0 saturated carbocycles. The number of hydrogen-bond acceptors (Lipinski definition) is 8. The number of rotatable bonds is 11. The fourth-order valence-electron chi connectivity index (χ4n) is 4.27. The van der Waals surface area contributed by atoms with Crippen LogP contribution in [0.25, 0.3) is 11.0 Å². The Morgan fingerprint density at radius 1 is 0.875 bits per heavy atom. The van der Waals surface area contributed by atoms with Gasteiger partial charge in [-0.05, 0) is 60.7 Å². The molecule has 4 aromatic rings. The minimum absolute atomic E-state index is 0.217. The fourth-order valence-corrected chi connectivity index (χ4v) is 4.27. The summed E-state index contributed by atoms with van der Waals surface area (Å²) in [6, 6.07) is 21.0. The second kappa shape index (κ2) is 13.0. The van der Waals surface area contributed by atoms with Crippen molar-refractivity contribution < 1.29 is 28.2 Å². The molecule has 1 fully saturated rings. The van der Waals surface area contributed by atoms with Gasteiger partial charge < -0.3 is 35.0 Å². The molecule has 0 spiro atoms. The van der Waals surface area contributed by atoms with Crippen LogP contribution in [0.2, 0.25) is 0 Å². The summed E-state index contributed by atoms with van der Waals surface area (Å²) in [5.41, 5.74) is 8.02. The van der Waals surface area contributed by atoms with E-state index < -0.39 is 0 Å². The quantitative estimate of drug-likeness (QED) is 0.192. The number of morpholine rings is 1. The number of nitrogens with two attached hydrogens (primary N) is 1. The van der Waals surface area contributed by atoms with Crippen LogP contribution in [0.5, 0.6) is 11.5 Å². The van der Waals surface area contributed by atoms with E-state index in [1.54, 1.807) is 60.7 Å². The topological polar surface area (TPSA) is 128 Å². The monoisotopic (exact) mass is 544 g/mol. The molecule has 0 unspecified atom stereocenters. The average Bonchev–Trinajstić information content (AvgIpc) is 3.41. The van der Waals surface area contributed by atoms with Crippen LogP contribution in [-0.2, 0) is 4.74 Å². The first kappa shape index (κ1) is 27.0. The van der Waals surface area contributed by atoms with Crippen molar-refractivity contribution >= 4 is 34.2 Å². The maximum Gasteiger partial charge on any atom is 0.287 e. The fraction of sp³-hybridized carbons (Fsp3) is 0.267. The Balaban J connectivity index is 1.05. The zero-order chi connectivity index (χ0) is 27.7. The number of hydrogen-bond donors (Lipinski definition) is 3. The molecule has 3 aromatic carbocycles. The van der Waals surface area contributed by atoms with Crippen molar-refractivity contribution in [3.63, 3.8) is 0 Å². The second-order valence-corrected chi connectivity index (χ2v) is 9.28. The Morgan fingerprint density at radius 3 is 2.42 bits per heavy atom. The number of nitrogens with zero attached hydrogens (tertiary/aromatic N) is 1. The second-order valence-electron chi connectivity index (χ2n) is 9.28. The highest BCUT2D eigenvalue weighted by atomic mass is 16.5. The average molecular weight is 545 g/mol. The number of anilines is 2. The van der Waals surface area contributed by atoms with Crippen LogP contribution < -0.4 is 25.8 Å². The van der Waals surface area contributed by atoms with Gasteiger partial charge in [0.1, 0.15) is 30.3 Å². The lowest BCUT2D eigenvalue weighted by Gasteiger charge is -2.26. The highest BCUT2D eigenvalue weighted by Gasteiger charge is 2.14. The molecular formula is C30H32N4O6. The van der Waals surface area contributed by atoms with Crippen LogP contribution in [0.3, 0.4) is 0 Å². The molecule has 0 aliphatic carbocycles. The van der Waals surface area contributed by atoms with E-state index in [-0.39, 0.29) is 30.7 Å². The van der Waals surface area contributed by atoms with Gasteiger partial charge in [0.05, 0.1) is 31.1 Å². The van der Waals surface area contributed by atoms with Gasteiger partial charge in [0.25, 0.3) is 11.8 Å². The van der Waals surface area contributed by atoms with Crippen molar-refractivity contribution in [3.05, 3.63) is 84.1 Å². The lowest BCUT2D eigenvalue weighted by Crippen LogP contribution is -2.38. The predicted molar refractivity (Wildman–Crippen MR) is 152 cm³/mol. The van der Waals surface area contributed by atoms with Gasteiger partial charge in [-0.2, -0.15) is 0 Å². The van der Waals surface area contributed by atoms with Gasteiger partial charge in [-0.15, -0.1) is 0 Å². The first-order valence-corrected chi connectivity index (χ1v) is 13.2. The molecule has 1 aromatic heterocycles. The maximum atomic E-state index is 12.6. The van der Waals surface area contributed by atoms with E-state index in [1.807, 2.05) is 12.1 Å². The molecule has 0 bridgehead atoms. The lowest BCUT2D eigenvalue weighted by atomic mass is 10.2. The normalized spacial score (nSPS) is 13.6. The zero-order valence-electron chi connectivity index (χ0n) is 22.1. The number of nitrogen functional groups attached to an aromatic ring is 1. The van der Waals surface area contributed by atoms with Crippen molar-refractivity contribution in [1.82, 2.24) is 10.2 Å². The SMILES string of the molecule is Nc1ccccc1NC(=O)c1ccc(OCCNC(=O)c2cc3cc(OCCN4CCOCC4)ccc3o2)cc1. The molecule has 2 amide bonds. The number of nitrogens with one attached hydrogen (secondary N) is 2. The minimum atomic E-state index is -0.332. The molecule has 5 rings (SSSR count). The number of ether oxygens (including phenoxy) is 3. The molecule has 1 saturated heterocycles. The summed E-state index contributed by atoms with van der Waals surface area (Å²) in [6.07, 6.45) is 0. The summed E-state index contributed by atoms with van der Waals surface area (Å²) in [5.74, 6) is 0.926. The van der Waals surface area contributed by atoms with Gasteiger partial charge >= 0.3 is 0 Å². The third-order valence-electron chi connectivity index (χ3n) is 6.47. The van der Waals surface area contributed by atoms with E-state index in [0.29, 0.717) is 34.9 Å². The summed E-state index contributed by atoms with van der Waals surface area (Å²) in [5, 5.41) is 6.38. The van der Waals surface area contributed by atoms with Crippen molar-refractivity contribution in [2.45, 2.75) is 0 Å². The summed E-state index contributed by atoms with van der Waals surface area (Å²) in [7, 11) is 0. The molecule has 10 nitrogen and oxygen atoms in total. The number of benzene rings is 3. The number of para-hydroxylation sites is 2. The molecule has 4 N–H and O–H groups in total. The number of fused-ring (bicyclic) bond motifs is 1. The maximum absolute atomic E-state index is 12.6. The van der Waals surface area contributed by atoms with Gasteiger partial charge in [0.15, 0.2) is 5.76 Å². The smallest absolute Gasteiger partial charge is 0.287 e. The molecule has 0 atom stereocenters. The van der Waals surface area contributed by atoms with Crippen LogP contribution in [0.1, 0.15) is 20.9 Å². The van der Waals surface area contributed by atoms with Gasteiger partial charge in [0, 0.05) is 30.6 Å². The van der Waals surface area contributed by atoms with Crippen LogP contribution in [0.15, 0.2) is 77.2 Å². The Morgan fingerprint density at radius 2 is 1.62 bits per heavy atom. The molecule has 2 heterocycles. The largest absolute Gasteiger partial charge is 0.492 e. The number of carbonyl (C=O) groups excluding carboxylic acids is 2. The lowest BCUT2D eigenvalue weighted by molar-refractivity contribution is 0.0322. The molecular weight excluding hydrogens is 512 g/mol. The van der Waals surface area contributed by atoms with Gasteiger partial charge in [0.2, 0.25) is 0 Å². The summed E-state index contributed by atoms with van der Waals surface area (Å²) in [4.78, 5) is 27.4. The Bertz CT molecular complexity index is 1450. The van der Waals surface area contributed by atoms with E-state index in [2.05, 4.69) is 15.5 Å². The number of furan rings is 1. The Labute approximate surface area is 232 Å². The number of carbonyl (C=O) groups is 2. The zero-order valence-corrected chi connectivity index (χ0v) is 22.1. The third-order valence-corrected chi connectivity index (χ3v) is 6.47. The molecule has 1 aliphatic heterocycles. The van der Waals surface area contributed by atoms with E-state index in [0.717, 1.165) is 44.0 Å². The van der Waals surface area contributed by atoms with E-state index in [4.69, 9.17) is 24.4 Å². The molecule has 208 valence electrons. The molecule has 1 aliphatic rings. The van der Waals surface area contributed by atoms with Crippen LogP contribution in [0, 0.1) is 0 Å². The van der Waals surface area contributed by atoms with Gasteiger partial charge in [-0.3, -0.25) is 14.5 Å². The summed E-state index contributed by atoms with van der Waals surface area (Å²) >= 11 is 0. The summed E-state index contributed by atoms with van der Waals surface area (Å²) in [6.45, 7) is 5.31. The third kappa shape index (κ3) is 7.10. The summed E-state index contributed by atoms with van der Waals surface area (Å²) < 4.78 is 22.7. The Hall–Kier alpha value is -4.54. The first-order chi connectivity index (χ1) is 19.5. The molecule has 40 heavy (non-hydrogen) atoms. The highest BCUT2D eigenvalue weighted by molar-refractivity contribution is 6.05.